The minimum Gasteiger partial charge on any atom is -0.376 e. The number of para-hydroxylation sites is 1. The van der Waals surface area contributed by atoms with Crippen LogP contribution in [0.1, 0.15) is 24.5 Å². The highest BCUT2D eigenvalue weighted by Crippen LogP contribution is 2.48. The fourth-order valence-corrected chi connectivity index (χ4v) is 4.03. The molecule has 0 bridgehead atoms. The summed E-state index contributed by atoms with van der Waals surface area (Å²) < 4.78 is 11.5. The molecule has 2 aromatic rings. The van der Waals surface area contributed by atoms with Crippen LogP contribution in [0.5, 0.6) is 0 Å². The molecule has 0 aromatic heterocycles. The molecule has 0 N–H and O–H groups in total. The van der Waals surface area contributed by atoms with Gasteiger partial charge in [-0.25, -0.2) is 0 Å². The van der Waals surface area contributed by atoms with Crippen molar-refractivity contribution < 1.29 is 14.3 Å². The predicted molar refractivity (Wildman–Crippen MR) is 105 cm³/mol. The van der Waals surface area contributed by atoms with E-state index in [-0.39, 0.29) is 12.0 Å². The number of anilines is 1. The van der Waals surface area contributed by atoms with Crippen LogP contribution in [-0.2, 0) is 14.3 Å². The molecule has 2 aliphatic heterocycles. The van der Waals surface area contributed by atoms with Gasteiger partial charge < -0.3 is 14.4 Å². The number of nitrogens with zero attached hydrogens (tertiary/aromatic N) is 1. The monoisotopic (exact) mass is 362 g/mol. The van der Waals surface area contributed by atoms with Crippen LogP contribution in [-0.4, -0.2) is 38.9 Å². The van der Waals surface area contributed by atoms with Gasteiger partial charge in [0.25, 0.3) is 0 Å². The first-order valence-electron chi connectivity index (χ1n) is 9.36. The van der Waals surface area contributed by atoms with Crippen molar-refractivity contribution in [2.24, 2.45) is 5.41 Å². The van der Waals surface area contributed by atoms with Gasteiger partial charge in [-0.3, -0.25) is 4.79 Å². The zero-order valence-corrected chi connectivity index (χ0v) is 15.8. The van der Waals surface area contributed by atoms with E-state index in [1.165, 1.54) is 0 Å². The molecule has 2 unspecified atom stereocenters. The lowest BCUT2D eigenvalue weighted by molar-refractivity contribution is -0.131. The number of carbonyl (C=O) groups is 1. The van der Waals surface area contributed by atoms with Gasteiger partial charge in [0, 0.05) is 12.6 Å². The van der Waals surface area contributed by atoms with Gasteiger partial charge in [0.1, 0.15) is 0 Å². The number of hydrogen-bond acceptors (Lipinski definition) is 3. The molecule has 0 saturated carbocycles. The average Bonchev–Trinajstić information content (AvgIpc) is 2.71. The van der Waals surface area contributed by atoms with Crippen molar-refractivity contribution in [2.45, 2.75) is 19.4 Å². The molecule has 4 heteroatoms. The number of rotatable bonds is 3. The molecule has 1 fully saturated rings. The van der Waals surface area contributed by atoms with E-state index in [0.717, 1.165) is 22.4 Å². The quantitative estimate of drug-likeness (QED) is 0.836. The van der Waals surface area contributed by atoms with E-state index >= 15 is 0 Å². The molecule has 1 amide bonds. The third-order valence-corrected chi connectivity index (χ3v) is 5.43. The van der Waals surface area contributed by atoms with Gasteiger partial charge in [0.2, 0.25) is 5.91 Å². The second-order valence-electron chi connectivity index (χ2n) is 7.35. The summed E-state index contributed by atoms with van der Waals surface area (Å²) in [5, 5.41) is 0. The Kier molecular flexibility index (Phi) is 4.85. The maximum atomic E-state index is 13.5. The first-order chi connectivity index (χ1) is 13.1. The molecule has 1 saturated heterocycles. The van der Waals surface area contributed by atoms with Crippen molar-refractivity contribution in [3.8, 4) is 0 Å². The van der Waals surface area contributed by atoms with E-state index in [1.807, 2.05) is 62.5 Å². The maximum absolute atomic E-state index is 13.5. The topological polar surface area (TPSA) is 38.8 Å². The lowest BCUT2D eigenvalue weighted by Crippen LogP contribution is -2.48. The summed E-state index contributed by atoms with van der Waals surface area (Å²) in [6.07, 6.45) is 4.01. The third kappa shape index (κ3) is 3.31. The Bertz CT molecular complexity index is 855. The van der Waals surface area contributed by atoms with E-state index in [1.54, 1.807) is 4.90 Å². The molecule has 4 rings (SSSR count). The summed E-state index contributed by atoms with van der Waals surface area (Å²) in [4.78, 5) is 15.2. The highest BCUT2D eigenvalue weighted by atomic mass is 16.6. The van der Waals surface area contributed by atoms with Gasteiger partial charge >= 0.3 is 0 Å². The van der Waals surface area contributed by atoms with Crippen molar-refractivity contribution in [2.75, 3.05) is 31.8 Å². The molecule has 0 aliphatic carbocycles. The molecular formula is C23H24NO3. The standard InChI is InChI=1S/C23H24NO3/c1-23(15-18-16-26-12-13-27-18)20(14-17-8-4-3-5-9-17)19-10-6-7-11-21(19)24(2)22(23)25/h3-11,18H,12-13,15-16H2,1-2H3. The number of hydrogen-bond donors (Lipinski definition) is 0. The van der Waals surface area contributed by atoms with Crippen LogP contribution in [0.4, 0.5) is 5.69 Å². The van der Waals surface area contributed by atoms with Crippen LogP contribution in [0.2, 0.25) is 0 Å². The summed E-state index contributed by atoms with van der Waals surface area (Å²) in [6, 6.07) is 18.0. The van der Waals surface area contributed by atoms with Crippen molar-refractivity contribution in [3.63, 3.8) is 0 Å². The Labute approximate surface area is 160 Å². The van der Waals surface area contributed by atoms with Crippen molar-refractivity contribution in [1.29, 1.82) is 0 Å². The predicted octanol–water partition coefficient (Wildman–Crippen LogP) is 3.71. The van der Waals surface area contributed by atoms with E-state index in [4.69, 9.17) is 9.47 Å². The fraction of sp³-hybridized carbons (Fsp3) is 0.348. The summed E-state index contributed by atoms with van der Waals surface area (Å²) >= 11 is 0. The van der Waals surface area contributed by atoms with Gasteiger partial charge in [-0.05, 0) is 36.6 Å². The van der Waals surface area contributed by atoms with Crippen LogP contribution in [0.25, 0.3) is 5.57 Å². The van der Waals surface area contributed by atoms with Gasteiger partial charge in [-0.2, -0.15) is 0 Å². The van der Waals surface area contributed by atoms with E-state index in [9.17, 15) is 4.79 Å². The molecule has 0 spiro atoms. The Morgan fingerprint density at radius 1 is 1.11 bits per heavy atom. The Morgan fingerprint density at radius 2 is 1.85 bits per heavy atom. The number of carbonyl (C=O) groups excluding carboxylic acids is 1. The molecule has 2 atom stereocenters. The SMILES string of the molecule is CN1C(=O)C(C)(CC2COCCO2)C(=[C]c2ccccc2)c2ccccc21. The highest BCUT2D eigenvalue weighted by molar-refractivity contribution is 6.11. The molecule has 4 nitrogen and oxygen atoms in total. The number of amides is 1. The Balaban J connectivity index is 1.83. The van der Waals surface area contributed by atoms with Crippen LogP contribution in [0.15, 0.2) is 54.6 Å². The maximum Gasteiger partial charge on any atom is 0.237 e. The fourth-order valence-electron chi connectivity index (χ4n) is 4.03. The Hall–Kier alpha value is -2.43. The molecule has 27 heavy (non-hydrogen) atoms. The zero-order valence-electron chi connectivity index (χ0n) is 15.8. The largest absolute Gasteiger partial charge is 0.376 e. The lowest BCUT2D eigenvalue weighted by atomic mass is 9.70. The lowest BCUT2D eigenvalue weighted by Gasteiger charge is -2.43. The third-order valence-electron chi connectivity index (χ3n) is 5.43. The van der Waals surface area contributed by atoms with E-state index in [2.05, 4.69) is 12.1 Å². The first-order valence-corrected chi connectivity index (χ1v) is 9.36. The second kappa shape index (κ2) is 7.29. The van der Waals surface area contributed by atoms with Crippen LogP contribution >= 0.6 is 0 Å². The van der Waals surface area contributed by atoms with Gasteiger partial charge in [-0.1, -0.05) is 48.5 Å². The van der Waals surface area contributed by atoms with Gasteiger partial charge in [0.15, 0.2) is 0 Å². The van der Waals surface area contributed by atoms with Gasteiger partial charge in [-0.15, -0.1) is 0 Å². The first kappa shape index (κ1) is 18.0. The Morgan fingerprint density at radius 3 is 2.59 bits per heavy atom. The second-order valence-corrected chi connectivity index (χ2v) is 7.35. The minimum absolute atomic E-state index is 0.0637. The minimum atomic E-state index is -0.732. The zero-order chi connectivity index (χ0) is 18.9. The summed E-state index contributed by atoms with van der Waals surface area (Å²) in [7, 11) is 1.84. The number of fused-ring (bicyclic) bond motifs is 1. The molecule has 2 heterocycles. The van der Waals surface area contributed by atoms with Crippen LogP contribution in [0, 0.1) is 11.5 Å². The van der Waals surface area contributed by atoms with Crippen molar-refractivity contribution in [3.05, 3.63) is 71.8 Å². The number of ether oxygens (including phenoxy) is 2. The number of benzene rings is 2. The molecular weight excluding hydrogens is 338 g/mol. The molecule has 2 aromatic carbocycles. The normalized spacial score (nSPS) is 26.9. The van der Waals surface area contributed by atoms with E-state index in [0.29, 0.717) is 26.2 Å². The smallest absolute Gasteiger partial charge is 0.237 e. The molecule has 139 valence electrons. The molecule has 2 aliphatic rings. The van der Waals surface area contributed by atoms with Crippen molar-refractivity contribution >= 4 is 17.2 Å². The summed E-state index contributed by atoms with van der Waals surface area (Å²) in [5.41, 5.74) is 3.11. The van der Waals surface area contributed by atoms with E-state index < -0.39 is 5.41 Å². The average molecular weight is 362 g/mol. The summed E-state index contributed by atoms with van der Waals surface area (Å²) in [5.74, 6) is 0.0637. The van der Waals surface area contributed by atoms with Crippen LogP contribution in [0.3, 0.4) is 0 Å². The highest BCUT2D eigenvalue weighted by Gasteiger charge is 2.46. The van der Waals surface area contributed by atoms with Crippen molar-refractivity contribution in [1.82, 2.24) is 0 Å². The van der Waals surface area contributed by atoms with Crippen LogP contribution < -0.4 is 4.90 Å². The van der Waals surface area contributed by atoms with Gasteiger partial charge in [0.05, 0.1) is 37.0 Å². The molecule has 1 radical (unpaired) electrons. The summed E-state index contributed by atoms with van der Waals surface area (Å²) in [6.45, 7) is 3.71.